The molecule has 2 amide bonds. The van der Waals surface area contributed by atoms with Crippen LogP contribution < -0.4 is 0 Å². The highest BCUT2D eigenvalue weighted by atomic mass is 16.5. The first kappa shape index (κ1) is 13.1. The van der Waals surface area contributed by atoms with Gasteiger partial charge in [0.25, 0.3) is 0 Å². The van der Waals surface area contributed by atoms with Crippen LogP contribution in [0.25, 0.3) is 0 Å². The Hall–Kier alpha value is -1.30. The fourth-order valence-electron chi connectivity index (χ4n) is 2.28. The maximum atomic E-state index is 12.2. The molecule has 0 bridgehead atoms. The summed E-state index contributed by atoms with van der Waals surface area (Å²) < 4.78 is 5.22. The highest BCUT2D eigenvalue weighted by Crippen LogP contribution is 2.30. The lowest BCUT2D eigenvalue weighted by molar-refractivity contribution is -0.137. The highest BCUT2D eigenvalue weighted by molar-refractivity contribution is 5.80. The van der Waals surface area contributed by atoms with Crippen LogP contribution in [-0.4, -0.2) is 66.3 Å². The normalized spacial score (nSPS) is 23.2. The first-order valence-corrected chi connectivity index (χ1v) is 6.38. The molecule has 0 aromatic carbocycles. The lowest BCUT2D eigenvalue weighted by atomic mass is 10.3. The lowest BCUT2D eigenvalue weighted by Gasteiger charge is -2.26. The predicted molar refractivity (Wildman–Crippen MR) is 64.3 cm³/mol. The van der Waals surface area contributed by atoms with Crippen LogP contribution in [-0.2, 0) is 9.53 Å². The Morgan fingerprint density at radius 3 is 2.61 bits per heavy atom. The third-order valence-electron chi connectivity index (χ3n) is 3.52. The fraction of sp³-hybridized carbons (Fsp3) is 0.833. The second kappa shape index (κ2) is 5.56. The van der Waals surface area contributed by atoms with E-state index < -0.39 is 5.97 Å². The van der Waals surface area contributed by atoms with Crippen molar-refractivity contribution in [2.45, 2.75) is 25.4 Å². The van der Waals surface area contributed by atoms with E-state index in [0.29, 0.717) is 25.6 Å². The molecule has 102 valence electrons. The molecule has 0 aromatic heterocycles. The second-order valence-electron chi connectivity index (χ2n) is 5.09. The molecule has 1 unspecified atom stereocenters. The zero-order valence-electron chi connectivity index (χ0n) is 10.7. The number of hydrogen-bond acceptors (Lipinski definition) is 3. The van der Waals surface area contributed by atoms with Gasteiger partial charge in [-0.3, -0.25) is 4.79 Å². The smallest absolute Gasteiger partial charge is 0.323 e. The maximum Gasteiger partial charge on any atom is 0.323 e. The predicted octanol–water partition coefficient (Wildman–Crippen LogP) is 0.624. The van der Waals surface area contributed by atoms with Crippen LogP contribution in [0.4, 0.5) is 4.79 Å². The van der Waals surface area contributed by atoms with Gasteiger partial charge in [0.2, 0.25) is 0 Å². The molecule has 1 saturated carbocycles. The second-order valence-corrected chi connectivity index (χ2v) is 5.09. The number of urea groups is 1. The van der Waals surface area contributed by atoms with Gasteiger partial charge < -0.3 is 19.6 Å². The number of carbonyl (C=O) groups excluding carboxylic acids is 1. The molecule has 1 heterocycles. The van der Waals surface area contributed by atoms with Crippen molar-refractivity contribution in [3.63, 3.8) is 0 Å². The number of carboxylic acids is 1. The molecule has 1 aliphatic heterocycles. The maximum absolute atomic E-state index is 12.2. The highest BCUT2D eigenvalue weighted by Gasteiger charge is 2.33. The average molecular weight is 256 g/mol. The Labute approximate surface area is 106 Å². The van der Waals surface area contributed by atoms with Crippen molar-refractivity contribution in [1.29, 1.82) is 0 Å². The van der Waals surface area contributed by atoms with Gasteiger partial charge in [0, 0.05) is 26.7 Å². The molecule has 2 fully saturated rings. The topological polar surface area (TPSA) is 70.1 Å². The van der Waals surface area contributed by atoms with Crippen molar-refractivity contribution in [2.75, 3.05) is 33.3 Å². The first-order chi connectivity index (χ1) is 8.60. The molecular formula is C12H20N2O4. The third-order valence-corrected chi connectivity index (χ3v) is 3.52. The molecule has 0 spiro atoms. The molecule has 1 saturated heterocycles. The summed E-state index contributed by atoms with van der Waals surface area (Å²) >= 11 is 0. The number of rotatable bonds is 5. The number of nitrogens with zero attached hydrogens (tertiary/aromatic N) is 2. The standard InChI is InChI=1S/C12H20N2O4/c1-18-10-4-5-13(7-10)12(17)14(8-11(15)16)6-9-2-3-9/h9-10H,2-8H2,1H3,(H,15,16). The summed E-state index contributed by atoms with van der Waals surface area (Å²) in [5.41, 5.74) is 0. The number of likely N-dealkylation sites (tertiary alicyclic amines) is 1. The molecule has 0 aromatic rings. The van der Waals surface area contributed by atoms with E-state index in [-0.39, 0.29) is 18.7 Å². The summed E-state index contributed by atoms with van der Waals surface area (Å²) in [6, 6.07) is -0.163. The van der Waals surface area contributed by atoms with Crippen LogP contribution in [0.5, 0.6) is 0 Å². The van der Waals surface area contributed by atoms with Crippen LogP contribution in [0.2, 0.25) is 0 Å². The molecule has 6 heteroatoms. The number of carbonyl (C=O) groups is 2. The molecule has 2 rings (SSSR count). The number of amides is 2. The van der Waals surface area contributed by atoms with E-state index >= 15 is 0 Å². The molecule has 1 atom stereocenters. The SMILES string of the molecule is COC1CCN(C(=O)N(CC(=O)O)CC2CC2)C1. The van der Waals surface area contributed by atoms with Crippen molar-refractivity contribution in [3.8, 4) is 0 Å². The zero-order chi connectivity index (χ0) is 13.1. The van der Waals surface area contributed by atoms with Gasteiger partial charge in [-0.25, -0.2) is 4.79 Å². The van der Waals surface area contributed by atoms with Crippen LogP contribution in [0.1, 0.15) is 19.3 Å². The third kappa shape index (κ3) is 3.35. The van der Waals surface area contributed by atoms with Crippen LogP contribution in [0, 0.1) is 5.92 Å². The number of hydrogen-bond donors (Lipinski definition) is 1. The van der Waals surface area contributed by atoms with Crippen molar-refractivity contribution in [3.05, 3.63) is 0 Å². The zero-order valence-corrected chi connectivity index (χ0v) is 10.7. The Kier molecular flexibility index (Phi) is 4.06. The van der Waals surface area contributed by atoms with E-state index in [4.69, 9.17) is 9.84 Å². The molecular weight excluding hydrogens is 236 g/mol. The minimum atomic E-state index is -0.952. The molecule has 1 aliphatic carbocycles. The summed E-state index contributed by atoms with van der Waals surface area (Å²) in [5, 5.41) is 8.87. The van der Waals surface area contributed by atoms with E-state index in [9.17, 15) is 9.59 Å². The minimum Gasteiger partial charge on any atom is -0.480 e. The first-order valence-electron chi connectivity index (χ1n) is 6.38. The van der Waals surface area contributed by atoms with Gasteiger partial charge in [-0.2, -0.15) is 0 Å². The van der Waals surface area contributed by atoms with Crippen LogP contribution in [0.15, 0.2) is 0 Å². The van der Waals surface area contributed by atoms with Gasteiger partial charge in [0.05, 0.1) is 6.10 Å². The molecule has 0 radical (unpaired) electrons. The largest absolute Gasteiger partial charge is 0.480 e. The fourth-order valence-corrected chi connectivity index (χ4v) is 2.28. The summed E-state index contributed by atoms with van der Waals surface area (Å²) in [5.74, 6) is -0.458. The number of methoxy groups -OCH3 is 1. The Morgan fingerprint density at radius 2 is 2.11 bits per heavy atom. The van der Waals surface area contributed by atoms with Crippen LogP contribution in [0.3, 0.4) is 0 Å². The summed E-state index contributed by atoms with van der Waals surface area (Å²) in [6.45, 7) is 1.58. The average Bonchev–Trinajstić information content (AvgIpc) is 3.01. The van der Waals surface area contributed by atoms with Gasteiger partial charge in [-0.05, 0) is 25.2 Å². The number of ether oxygens (including phenoxy) is 1. The van der Waals surface area contributed by atoms with E-state index in [1.54, 1.807) is 12.0 Å². The molecule has 18 heavy (non-hydrogen) atoms. The van der Waals surface area contributed by atoms with Gasteiger partial charge in [0.15, 0.2) is 0 Å². The number of carboxylic acid groups (broad SMARTS) is 1. The van der Waals surface area contributed by atoms with Crippen LogP contribution >= 0.6 is 0 Å². The monoisotopic (exact) mass is 256 g/mol. The van der Waals surface area contributed by atoms with E-state index in [2.05, 4.69) is 0 Å². The lowest BCUT2D eigenvalue weighted by Crippen LogP contribution is -2.45. The Bertz CT molecular complexity index is 330. The minimum absolute atomic E-state index is 0.0848. The summed E-state index contributed by atoms with van der Waals surface area (Å²) in [6.07, 6.45) is 3.11. The van der Waals surface area contributed by atoms with E-state index in [1.807, 2.05) is 0 Å². The van der Waals surface area contributed by atoms with E-state index in [0.717, 1.165) is 19.3 Å². The van der Waals surface area contributed by atoms with Crippen molar-refractivity contribution in [1.82, 2.24) is 9.80 Å². The van der Waals surface area contributed by atoms with E-state index in [1.165, 1.54) is 4.90 Å². The molecule has 1 N–H and O–H groups in total. The van der Waals surface area contributed by atoms with Crippen molar-refractivity contribution < 1.29 is 19.4 Å². The molecule has 2 aliphatic rings. The summed E-state index contributed by atoms with van der Waals surface area (Å²) in [7, 11) is 1.64. The van der Waals surface area contributed by atoms with Gasteiger partial charge in [-0.15, -0.1) is 0 Å². The van der Waals surface area contributed by atoms with Gasteiger partial charge in [0.1, 0.15) is 6.54 Å². The number of aliphatic carboxylic acids is 1. The van der Waals surface area contributed by atoms with Gasteiger partial charge in [-0.1, -0.05) is 0 Å². The Balaban J connectivity index is 1.91. The van der Waals surface area contributed by atoms with Crippen molar-refractivity contribution >= 4 is 12.0 Å². The van der Waals surface area contributed by atoms with Crippen molar-refractivity contribution in [2.24, 2.45) is 5.92 Å². The molecule has 6 nitrogen and oxygen atoms in total. The van der Waals surface area contributed by atoms with Gasteiger partial charge >= 0.3 is 12.0 Å². The quantitative estimate of drug-likeness (QED) is 0.783. The summed E-state index contributed by atoms with van der Waals surface area (Å²) in [4.78, 5) is 26.2. The Morgan fingerprint density at radius 1 is 1.39 bits per heavy atom.